The standard InChI is InChI=1S/C11H14O3/c1-14-11-6-2-4-9(5-3-7-12)10(11)8-13/h2-6,12-13H,7-8H2,1H3. The molecule has 3 nitrogen and oxygen atoms in total. The maximum atomic E-state index is 9.15. The van der Waals surface area contributed by atoms with E-state index in [1.54, 1.807) is 25.3 Å². The lowest BCUT2D eigenvalue weighted by molar-refractivity contribution is 0.273. The zero-order chi connectivity index (χ0) is 10.4. The lowest BCUT2D eigenvalue weighted by Crippen LogP contribution is -1.94. The summed E-state index contributed by atoms with van der Waals surface area (Å²) in [5.74, 6) is 0.660. The van der Waals surface area contributed by atoms with Gasteiger partial charge in [-0.25, -0.2) is 0 Å². The Morgan fingerprint density at radius 3 is 2.71 bits per heavy atom. The molecule has 0 aliphatic rings. The van der Waals surface area contributed by atoms with Crippen molar-refractivity contribution < 1.29 is 14.9 Å². The van der Waals surface area contributed by atoms with Gasteiger partial charge in [-0.05, 0) is 11.6 Å². The minimum absolute atomic E-state index is 0.0118. The van der Waals surface area contributed by atoms with E-state index < -0.39 is 0 Å². The van der Waals surface area contributed by atoms with Crippen LogP contribution in [0, 0.1) is 0 Å². The molecule has 0 heterocycles. The van der Waals surface area contributed by atoms with Crippen LogP contribution in [-0.2, 0) is 6.61 Å². The van der Waals surface area contributed by atoms with Crippen molar-refractivity contribution in [1.82, 2.24) is 0 Å². The van der Waals surface area contributed by atoms with Crippen LogP contribution < -0.4 is 4.74 Å². The van der Waals surface area contributed by atoms with E-state index in [0.717, 1.165) is 11.1 Å². The largest absolute Gasteiger partial charge is 0.496 e. The molecule has 0 amide bonds. The predicted octanol–water partition coefficient (Wildman–Crippen LogP) is 1.19. The van der Waals surface area contributed by atoms with Crippen LogP contribution in [0.1, 0.15) is 11.1 Å². The maximum absolute atomic E-state index is 9.15. The minimum atomic E-state index is -0.0743. The molecular formula is C11H14O3. The normalized spacial score (nSPS) is 10.8. The first kappa shape index (κ1) is 10.8. The lowest BCUT2D eigenvalue weighted by Gasteiger charge is -2.08. The van der Waals surface area contributed by atoms with Crippen LogP contribution in [0.5, 0.6) is 5.75 Å². The van der Waals surface area contributed by atoms with E-state index in [1.165, 1.54) is 0 Å². The van der Waals surface area contributed by atoms with Crippen molar-refractivity contribution >= 4 is 6.08 Å². The minimum Gasteiger partial charge on any atom is -0.496 e. The molecule has 0 bridgehead atoms. The molecule has 0 aliphatic carbocycles. The summed E-state index contributed by atoms with van der Waals surface area (Å²) in [4.78, 5) is 0. The number of aliphatic hydroxyl groups excluding tert-OH is 2. The van der Waals surface area contributed by atoms with Crippen LogP contribution in [0.15, 0.2) is 24.3 Å². The molecule has 3 heteroatoms. The van der Waals surface area contributed by atoms with E-state index in [4.69, 9.17) is 14.9 Å². The van der Waals surface area contributed by atoms with Gasteiger partial charge in [0.1, 0.15) is 5.75 Å². The second kappa shape index (κ2) is 5.42. The Hall–Kier alpha value is -1.32. The van der Waals surface area contributed by atoms with Gasteiger partial charge < -0.3 is 14.9 Å². The third kappa shape index (κ3) is 2.34. The fourth-order valence-electron chi connectivity index (χ4n) is 1.28. The first-order chi connectivity index (χ1) is 6.83. The van der Waals surface area contributed by atoms with Crippen LogP contribution in [0.3, 0.4) is 0 Å². The van der Waals surface area contributed by atoms with E-state index in [0.29, 0.717) is 5.75 Å². The highest BCUT2D eigenvalue weighted by Gasteiger charge is 2.04. The molecule has 0 saturated heterocycles. The van der Waals surface area contributed by atoms with Crippen molar-refractivity contribution in [3.8, 4) is 5.75 Å². The second-order valence-corrected chi connectivity index (χ2v) is 2.77. The zero-order valence-electron chi connectivity index (χ0n) is 8.10. The molecule has 0 radical (unpaired) electrons. The van der Waals surface area contributed by atoms with Gasteiger partial charge in [0.15, 0.2) is 0 Å². The molecule has 0 fully saturated rings. The summed E-state index contributed by atoms with van der Waals surface area (Å²) in [6.07, 6.45) is 3.38. The Balaban J connectivity index is 3.08. The molecule has 2 N–H and O–H groups in total. The summed E-state index contributed by atoms with van der Waals surface area (Å²) in [6.45, 7) is -0.0861. The van der Waals surface area contributed by atoms with Gasteiger partial charge in [-0.3, -0.25) is 0 Å². The molecule has 1 rings (SSSR count). The van der Waals surface area contributed by atoms with Crippen molar-refractivity contribution in [3.63, 3.8) is 0 Å². The molecule has 0 atom stereocenters. The Kier molecular flexibility index (Phi) is 4.16. The summed E-state index contributed by atoms with van der Waals surface area (Å²) in [5, 5.41) is 17.8. The topological polar surface area (TPSA) is 49.7 Å². The number of benzene rings is 1. The maximum Gasteiger partial charge on any atom is 0.124 e. The van der Waals surface area contributed by atoms with Crippen LogP contribution in [0.4, 0.5) is 0 Å². The molecule has 0 unspecified atom stereocenters. The fourth-order valence-corrected chi connectivity index (χ4v) is 1.28. The van der Waals surface area contributed by atoms with Gasteiger partial charge in [0.05, 0.1) is 20.3 Å². The first-order valence-corrected chi connectivity index (χ1v) is 4.37. The van der Waals surface area contributed by atoms with Crippen LogP contribution >= 0.6 is 0 Å². The molecule has 14 heavy (non-hydrogen) atoms. The molecule has 1 aromatic rings. The van der Waals surface area contributed by atoms with E-state index in [2.05, 4.69) is 0 Å². The zero-order valence-corrected chi connectivity index (χ0v) is 8.10. The van der Waals surface area contributed by atoms with Gasteiger partial charge in [-0.15, -0.1) is 0 Å². The molecule has 76 valence electrons. The number of hydrogen-bond acceptors (Lipinski definition) is 3. The van der Waals surface area contributed by atoms with E-state index in [9.17, 15) is 0 Å². The Morgan fingerprint density at radius 2 is 2.14 bits per heavy atom. The summed E-state index contributed by atoms with van der Waals surface area (Å²) in [5.41, 5.74) is 1.60. The second-order valence-electron chi connectivity index (χ2n) is 2.77. The smallest absolute Gasteiger partial charge is 0.124 e. The fraction of sp³-hybridized carbons (Fsp3) is 0.273. The Morgan fingerprint density at radius 1 is 1.36 bits per heavy atom. The quantitative estimate of drug-likeness (QED) is 0.757. The number of aliphatic hydroxyl groups is 2. The highest BCUT2D eigenvalue weighted by molar-refractivity contribution is 5.57. The summed E-state index contributed by atoms with van der Waals surface area (Å²) >= 11 is 0. The molecule has 0 spiro atoms. The lowest BCUT2D eigenvalue weighted by atomic mass is 10.1. The average Bonchev–Trinajstić information content (AvgIpc) is 2.25. The van der Waals surface area contributed by atoms with Crippen molar-refractivity contribution in [2.45, 2.75) is 6.61 Å². The van der Waals surface area contributed by atoms with E-state index >= 15 is 0 Å². The molecular weight excluding hydrogens is 180 g/mol. The number of methoxy groups -OCH3 is 1. The summed E-state index contributed by atoms with van der Waals surface area (Å²) < 4.78 is 5.10. The van der Waals surface area contributed by atoms with Crippen molar-refractivity contribution in [1.29, 1.82) is 0 Å². The molecule has 0 aliphatic heterocycles. The first-order valence-electron chi connectivity index (χ1n) is 4.37. The number of hydrogen-bond donors (Lipinski definition) is 2. The molecule has 1 aromatic carbocycles. The van der Waals surface area contributed by atoms with Gasteiger partial charge in [-0.2, -0.15) is 0 Å². The monoisotopic (exact) mass is 194 g/mol. The van der Waals surface area contributed by atoms with Crippen LogP contribution in [0.2, 0.25) is 0 Å². The third-order valence-corrected chi connectivity index (χ3v) is 1.95. The van der Waals surface area contributed by atoms with Gasteiger partial charge >= 0.3 is 0 Å². The Labute approximate surface area is 83.3 Å². The molecule has 0 aromatic heterocycles. The highest BCUT2D eigenvalue weighted by atomic mass is 16.5. The predicted molar refractivity (Wildman–Crippen MR) is 55.0 cm³/mol. The highest BCUT2D eigenvalue weighted by Crippen LogP contribution is 2.23. The van der Waals surface area contributed by atoms with Gasteiger partial charge in [0, 0.05) is 5.56 Å². The van der Waals surface area contributed by atoms with Crippen LogP contribution in [0.25, 0.3) is 6.08 Å². The van der Waals surface area contributed by atoms with Crippen molar-refractivity contribution in [2.24, 2.45) is 0 Å². The van der Waals surface area contributed by atoms with Crippen molar-refractivity contribution in [2.75, 3.05) is 13.7 Å². The van der Waals surface area contributed by atoms with Gasteiger partial charge in [0.25, 0.3) is 0 Å². The average molecular weight is 194 g/mol. The van der Waals surface area contributed by atoms with Gasteiger partial charge in [0.2, 0.25) is 0 Å². The van der Waals surface area contributed by atoms with Crippen LogP contribution in [-0.4, -0.2) is 23.9 Å². The van der Waals surface area contributed by atoms with Gasteiger partial charge in [-0.1, -0.05) is 24.3 Å². The molecule has 0 saturated carbocycles. The van der Waals surface area contributed by atoms with Crippen molar-refractivity contribution in [3.05, 3.63) is 35.4 Å². The van der Waals surface area contributed by atoms with E-state index in [-0.39, 0.29) is 13.2 Å². The SMILES string of the molecule is COc1cccc(C=CCO)c1CO. The third-order valence-electron chi connectivity index (χ3n) is 1.95. The summed E-state index contributed by atoms with van der Waals surface area (Å²) in [6, 6.07) is 5.50. The number of ether oxygens (including phenoxy) is 1. The summed E-state index contributed by atoms with van der Waals surface area (Å²) in [7, 11) is 1.56. The van der Waals surface area contributed by atoms with E-state index in [1.807, 2.05) is 12.1 Å². The number of rotatable bonds is 4. The Bertz CT molecular complexity index is 318.